The van der Waals surface area contributed by atoms with Crippen molar-refractivity contribution < 1.29 is 4.74 Å². The molecular formula is C14H22N2O2. The van der Waals surface area contributed by atoms with Crippen molar-refractivity contribution in [3.63, 3.8) is 0 Å². The van der Waals surface area contributed by atoms with Crippen molar-refractivity contribution in [2.75, 3.05) is 19.8 Å². The van der Waals surface area contributed by atoms with Crippen LogP contribution in [0.4, 0.5) is 0 Å². The smallest absolute Gasteiger partial charge is 0.250 e. The van der Waals surface area contributed by atoms with Gasteiger partial charge < -0.3 is 14.6 Å². The monoisotopic (exact) mass is 250 g/mol. The molecule has 2 unspecified atom stereocenters. The first-order valence-electron chi connectivity index (χ1n) is 6.69. The molecule has 100 valence electrons. The maximum Gasteiger partial charge on any atom is 0.250 e. The molecule has 2 atom stereocenters. The molecule has 1 N–H and O–H groups in total. The molecule has 0 aliphatic carbocycles. The lowest BCUT2D eigenvalue weighted by Gasteiger charge is -2.24. The molecule has 1 fully saturated rings. The lowest BCUT2D eigenvalue weighted by atomic mass is 9.99. The van der Waals surface area contributed by atoms with Crippen LogP contribution in [-0.4, -0.2) is 30.4 Å². The van der Waals surface area contributed by atoms with Crippen LogP contribution in [0.25, 0.3) is 0 Å². The van der Waals surface area contributed by atoms with E-state index in [9.17, 15) is 4.79 Å². The molecule has 1 aromatic rings. The standard InChI is InChI=1S/C14H22N2O2/c1-3-15-13(12-5-7-18-10-12)9-16-6-4-11(2)8-14(16)17/h4,6,8,12-13,15H,3,5,7,9-10H2,1-2H3. The average Bonchev–Trinajstić information content (AvgIpc) is 2.85. The van der Waals surface area contributed by atoms with E-state index in [2.05, 4.69) is 12.2 Å². The number of hydrogen-bond acceptors (Lipinski definition) is 3. The van der Waals surface area contributed by atoms with Crippen LogP contribution in [0.5, 0.6) is 0 Å². The fraction of sp³-hybridized carbons (Fsp3) is 0.643. The van der Waals surface area contributed by atoms with Crippen molar-refractivity contribution in [2.45, 2.75) is 32.9 Å². The second-order valence-corrected chi connectivity index (χ2v) is 4.98. The van der Waals surface area contributed by atoms with E-state index in [1.165, 1.54) is 0 Å². The molecule has 2 heterocycles. The number of nitrogens with zero attached hydrogens (tertiary/aromatic N) is 1. The van der Waals surface area contributed by atoms with Gasteiger partial charge in [0, 0.05) is 37.4 Å². The van der Waals surface area contributed by atoms with Gasteiger partial charge in [-0.15, -0.1) is 0 Å². The third-order valence-corrected chi connectivity index (χ3v) is 3.55. The molecule has 1 aliphatic heterocycles. The molecule has 0 bridgehead atoms. The van der Waals surface area contributed by atoms with E-state index in [1.807, 2.05) is 19.2 Å². The van der Waals surface area contributed by atoms with Crippen LogP contribution >= 0.6 is 0 Å². The number of likely N-dealkylation sites (N-methyl/N-ethyl adjacent to an activating group) is 1. The van der Waals surface area contributed by atoms with E-state index >= 15 is 0 Å². The predicted molar refractivity (Wildman–Crippen MR) is 71.8 cm³/mol. The van der Waals surface area contributed by atoms with Gasteiger partial charge in [0.1, 0.15) is 0 Å². The van der Waals surface area contributed by atoms with E-state index in [-0.39, 0.29) is 5.56 Å². The Morgan fingerprint density at radius 2 is 2.44 bits per heavy atom. The minimum atomic E-state index is 0.0804. The highest BCUT2D eigenvalue weighted by atomic mass is 16.5. The number of aromatic nitrogens is 1. The normalized spacial score (nSPS) is 21.1. The fourth-order valence-corrected chi connectivity index (χ4v) is 2.48. The van der Waals surface area contributed by atoms with Crippen molar-refractivity contribution in [3.05, 3.63) is 34.2 Å². The molecule has 18 heavy (non-hydrogen) atoms. The number of ether oxygens (including phenoxy) is 1. The summed E-state index contributed by atoms with van der Waals surface area (Å²) in [5.74, 6) is 0.512. The minimum Gasteiger partial charge on any atom is -0.381 e. The van der Waals surface area contributed by atoms with Crippen molar-refractivity contribution in [3.8, 4) is 0 Å². The van der Waals surface area contributed by atoms with Gasteiger partial charge in [0.05, 0.1) is 6.61 Å². The molecule has 0 spiro atoms. The fourth-order valence-electron chi connectivity index (χ4n) is 2.48. The maximum atomic E-state index is 11.9. The summed E-state index contributed by atoms with van der Waals surface area (Å²) in [7, 11) is 0. The van der Waals surface area contributed by atoms with Gasteiger partial charge >= 0.3 is 0 Å². The summed E-state index contributed by atoms with van der Waals surface area (Å²) < 4.78 is 7.23. The quantitative estimate of drug-likeness (QED) is 0.853. The maximum absolute atomic E-state index is 11.9. The molecule has 4 nitrogen and oxygen atoms in total. The highest BCUT2D eigenvalue weighted by Crippen LogP contribution is 2.17. The van der Waals surface area contributed by atoms with E-state index in [0.29, 0.717) is 12.0 Å². The molecule has 1 aromatic heterocycles. The Bertz CT molecular complexity index is 436. The van der Waals surface area contributed by atoms with Gasteiger partial charge in [0.25, 0.3) is 5.56 Å². The Kier molecular flexibility index (Phi) is 4.55. The first-order valence-corrected chi connectivity index (χ1v) is 6.69. The molecule has 0 amide bonds. The van der Waals surface area contributed by atoms with Crippen molar-refractivity contribution in [2.24, 2.45) is 5.92 Å². The Balaban J connectivity index is 2.09. The van der Waals surface area contributed by atoms with Crippen LogP contribution in [0.3, 0.4) is 0 Å². The number of pyridine rings is 1. The van der Waals surface area contributed by atoms with Crippen LogP contribution in [0.15, 0.2) is 23.1 Å². The van der Waals surface area contributed by atoms with Gasteiger partial charge in [-0.05, 0) is 31.5 Å². The Morgan fingerprint density at radius 3 is 3.06 bits per heavy atom. The van der Waals surface area contributed by atoms with E-state index < -0.39 is 0 Å². The average molecular weight is 250 g/mol. The molecule has 0 aromatic carbocycles. The van der Waals surface area contributed by atoms with Crippen molar-refractivity contribution in [1.29, 1.82) is 0 Å². The van der Waals surface area contributed by atoms with Crippen LogP contribution in [-0.2, 0) is 11.3 Å². The Hall–Kier alpha value is -1.13. The zero-order valence-corrected chi connectivity index (χ0v) is 11.2. The molecular weight excluding hydrogens is 228 g/mol. The lowest BCUT2D eigenvalue weighted by molar-refractivity contribution is 0.173. The summed E-state index contributed by atoms with van der Waals surface area (Å²) in [6.07, 6.45) is 2.97. The number of hydrogen-bond donors (Lipinski definition) is 1. The van der Waals surface area contributed by atoms with Gasteiger partial charge in [-0.1, -0.05) is 6.92 Å². The predicted octanol–water partition coefficient (Wildman–Crippen LogP) is 1.17. The number of rotatable bonds is 5. The molecule has 2 rings (SSSR count). The summed E-state index contributed by atoms with van der Waals surface area (Å²) >= 11 is 0. The summed E-state index contributed by atoms with van der Waals surface area (Å²) in [5.41, 5.74) is 1.09. The van der Waals surface area contributed by atoms with Gasteiger partial charge in [-0.3, -0.25) is 4.79 Å². The zero-order valence-electron chi connectivity index (χ0n) is 11.2. The SMILES string of the molecule is CCNC(Cn1ccc(C)cc1=O)C1CCOC1. The van der Waals surface area contributed by atoms with Gasteiger partial charge in [-0.25, -0.2) is 0 Å². The Morgan fingerprint density at radius 1 is 1.61 bits per heavy atom. The summed E-state index contributed by atoms with van der Waals surface area (Å²) in [6, 6.07) is 3.99. The topological polar surface area (TPSA) is 43.3 Å². The van der Waals surface area contributed by atoms with Gasteiger partial charge in [0.15, 0.2) is 0 Å². The van der Waals surface area contributed by atoms with E-state index in [4.69, 9.17) is 4.74 Å². The minimum absolute atomic E-state index is 0.0804. The van der Waals surface area contributed by atoms with Crippen LogP contribution < -0.4 is 10.9 Å². The summed E-state index contributed by atoms with van der Waals surface area (Å²) in [4.78, 5) is 11.9. The molecule has 1 saturated heterocycles. The number of nitrogens with one attached hydrogen (secondary N) is 1. The summed E-state index contributed by atoms with van der Waals surface area (Å²) in [5, 5.41) is 3.48. The molecule has 4 heteroatoms. The van der Waals surface area contributed by atoms with Crippen LogP contribution in [0.1, 0.15) is 18.9 Å². The van der Waals surface area contributed by atoms with Crippen molar-refractivity contribution >= 4 is 0 Å². The van der Waals surface area contributed by atoms with E-state index in [0.717, 1.165) is 38.3 Å². The zero-order chi connectivity index (χ0) is 13.0. The van der Waals surface area contributed by atoms with Crippen LogP contribution in [0, 0.1) is 12.8 Å². The third-order valence-electron chi connectivity index (χ3n) is 3.55. The molecule has 1 aliphatic rings. The first kappa shape index (κ1) is 13.3. The van der Waals surface area contributed by atoms with Crippen molar-refractivity contribution in [1.82, 2.24) is 9.88 Å². The van der Waals surface area contributed by atoms with Gasteiger partial charge in [0.2, 0.25) is 0 Å². The summed E-state index contributed by atoms with van der Waals surface area (Å²) in [6.45, 7) is 7.33. The van der Waals surface area contributed by atoms with Crippen LogP contribution in [0.2, 0.25) is 0 Å². The second-order valence-electron chi connectivity index (χ2n) is 4.98. The first-order chi connectivity index (χ1) is 8.70. The largest absolute Gasteiger partial charge is 0.381 e. The third kappa shape index (κ3) is 3.21. The highest BCUT2D eigenvalue weighted by molar-refractivity contribution is 5.08. The molecule has 0 saturated carbocycles. The Labute approximate surface area is 108 Å². The highest BCUT2D eigenvalue weighted by Gasteiger charge is 2.25. The lowest BCUT2D eigenvalue weighted by Crippen LogP contribution is -2.42. The molecule has 0 radical (unpaired) electrons. The second kappa shape index (κ2) is 6.16. The van der Waals surface area contributed by atoms with E-state index in [1.54, 1.807) is 10.6 Å². The number of aryl methyl sites for hydroxylation is 1. The van der Waals surface area contributed by atoms with Gasteiger partial charge in [-0.2, -0.15) is 0 Å².